The monoisotopic (exact) mass is 261 g/mol. The minimum absolute atomic E-state index is 0.395. The van der Waals surface area contributed by atoms with Crippen LogP contribution in [0.2, 0.25) is 0 Å². The average Bonchev–Trinajstić information content (AvgIpc) is 3.05. The first-order valence-electron chi connectivity index (χ1n) is 6.58. The van der Waals surface area contributed by atoms with Crippen LogP contribution < -0.4 is 4.90 Å². The minimum atomic E-state index is 0.395. The molecule has 0 aromatic carbocycles. The Morgan fingerprint density at radius 3 is 2.84 bits per heavy atom. The van der Waals surface area contributed by atoms with Gasteiger partial charge >= 0.3 is 6.01 Å². The summed E-state index contributed by atoms with van der Waals surface area (Å²) in [5.41, 5.74) is 0. The molecule has 0 radical (unpaired) electrons. The minimum Gasteiger partial charge on any atom is -0.400 e. The van der Waals surface area contributed by atoms with Gasteiger partial charge in [-0.3, -0.25) is 5.10 Å². The normalized spacial score (nSPS) is 26.6. The zero-order chi connectivity index (χ0) is 12.7. The first-order chi connectivity index (χ1) is 9.40. The highest BCUT2D eigenvalue weighted by Crippen LogP contribution is 2.27. The molecule has 2 aromatic heterocycles. The summed E-state index contributed by atoms with van der Waals surface area (Å²) in [6.07, 6.45) is 3.76. The van der Waals surface area contributed by atoms with Crippen LogP contribution in [0.3, 0.4) is 0 Å². The van der Waals surface area contributed by atoms with Crippen molar-refractivity contribution in [1.82, 2.24) is 30.3 Å². The van der Waals surface area contributed by atoms with Crippen LogP contribution in [0.15, 0.2) is 10.7 Å². The number of H-pyrrole nitrogens is 1. The Hall–Kier alpha value is -1.96. The van der Waals surface area contributed by atoms with Gasteiger partial charge in [-0.15, -0.1) is 5.10 Å². The molecule has 0 aliphatic carbocycles. The molecule has 1 N–H and O–H groups in total. The Morgan fingerprint density at radius 2 is 2.05 bits per heavy atom. The molecule has 0 atom stereocenters. The fourth-order valence-electron chi connectivity index (χ4n) is 2.87. The van der Waals surface area contributed by atoms with Crippen LogP contribution in [0.25, 0.3) is 11.7 Å². The molecular formula is C11H15N7O. The van der Waals surface area contributed by atoms with E-state index in [4.69, 9.17) is 4.42 Å². The highest BCUT2D eigenvalue weighted by molar-refractivity contribution is 5.41. The molecule has 3 aliphatic heterocycles. The molecule has 8 nitrogen and oxygen atoms in total. The van der Waals surface area contributed by atoms with Crippen LogP contribution in [0.5, 0.6) is 0 Å². The molecule has 2 bridgehead atoms. The third-order valence-electron chi connectivity index (χ3n) is 3.93. The fraction of sp³-hybridized carbons (Fsp3) is 0.636. The Kier molecular flexibility index (Phi) is 2.47. The quantitative estimate of drug-likeness (QED) is 0.822. The first kappa shape index (κ1) is 10.9. The van der Waals surface area contributed by atoms with E-state index < -0.39 is 0 Å². The van der Waals surface area contributed by atoms with Gasteiger partial charge in [0.05, 0.1) is 0 Å². The number of fused-ring (bicyclic) bond motifs is 4. The molecule has 5 rings (SSSR count). The molecule has 0 saturated carbocycles. The van der Waals surface area contributed by atoms with E-state index in [1.165, 1.54) is 32.3 Å². The van der Waals surface area contributed by atoms with Crippen molar-refractivity contribution in [2.75, 3.05) is 31.1 Å². The third kappa shape index (κ3) is 1.88. The number of aromatic amines is 1. The molecule has 3 fully saturated rings. The van der Waals surface area contributed by atoms with E-state index in [0.29, 0.717) is 23.8 Å². The van der Waals surface area contributed by atoms with Crippen LogP contribution in [-0.4, -0.2) is 62.5 Å². The van der Waals surface area contributed by atoms with Crippen LogP contribution in [0.4, 0.5) is 6.01 Å². The Morgan fingerprint density at radius 1 is 1.16 bits per heavy atom. The molecule has 0 unspecified atom stereocenters. The lowest BCUT2D eigenvalue weighted by Gasteiger charge is -2.29. The highest BCUT2D eigenvalue weighted by Gasteiger charge is 2.32. The van der Waals surface area contributed by atoms with Crippen molar-refractivity contribution >= 4 is 6.01 Å². The van der Waals surface area contributed by atoms with Gasteiger partial charge in [0, 0.05) is 32.2 Å². The molecule has 2 aromatic rings. The standard InChI is InChI=1S/C11H15N7O/c1-3-17-4-2-8(1)18(6-5-17)11-16-15-10(19-11)9-12-7-13-14-9/h7-8H,1-6H2,(H,12,13,14). The summed E-state index contributed by atoms with van der Waals surface area (Å²) in [5, 5.41) is 14.7. The predicted molar refractivity (Wildman–Crippen MR) is 66.5 cm³/mol. The van der Waals surface area contributed by atoms with Crippen molar-refractivity contribution in [3.63, 3.8) is 0 Å². The van der Waals surface area contributed by atoms with Gasteiger partial charge in [0.15, 0.2) is 0 Å². The van der Waals surface area contributed by atoms with Gasteiger partial charge in [0.2, 0.25) is 5.82 Å². The molecule has 19 heavy (non-hydrogen) atoms. The van der Waals surface area contributed by atoms with Gasteiger partial charge in [-0.25, -0.2) is 4.98 Å². The van der Waals surface area contributed by atoms with Crippen LogP contribution >= 0.6 is 0 Å². The lowest BCUT2D eigenvalue weighted by Crippen LogP contribution is -2.38. The van der Waals surface area contributed by atoms with Gasteiger partial charge in [0.25, 0.3) is 5.89 Å². The van der Waals surface area contributed by atoms with Crippen molar-refractivity contribution in [3.05, 3.63) is 6.33 Å². The highest BCUT2D eigenvalue weighted by atomic mass is 16.4. The van der Waals surface area contributed by atoms with Crippen molar-refractivity contribution in [1.29, 1.82) is 0 Å². The number of hydrogen-bond donors (Lipinski definition) is 1. The second kappa shape index (κ2) is 4.30. The van der Waals surface area contributed by atoms with Gasteiger partial charge < -0.3 is 14.2 Å². The molecule has 0 spiro atoms. The van der Waals surface area contributed by atoms with Crippen molar-refractivity contribution in [2.24, 2.45) is 0 Å². The number of rotatable bonds is 2. The van der Waals surface area contributed by atoms with Gasteiger partial charge in [-0.2, -0.15) is 5.10 Å². The van der Waals surface area contributed by atoms with E-state index in [-0.39, 0.29) is 0 Å². The lowest BCUT2D eigenvalue weighted by molar-refractivity contribution is 0.249. The fourth-order valence-corrected chi connectivity index (χ4v) is 2.87. The zero-order valence-corrected chi connectivity index (χ0v) is 10.5. The van der Waals surface area contributed by atoms with Gasteiger partial charge in [-0.1, -0.05) is 5.10 Å². The summed E-state index contributed by atoms with van der Waals surface area (Å²) in [6.45, 7) is 4.35. The molecule has 100 valence electrons. The van der Waals surface area contributed by atoms with Crippen LogP contribution in [-0.2, 0) is 0 Å². The average molecular weight is 261 g/mol. The molecule has 8 heteroatoms. The third-order valence-corrected chi connectivity index (χ3v) is 3.93. The van der Waals surface area contributed by atoms with E-state index >= 15 is 0 Å². The largest absolute Gasteiger partial charge is 0.400 e. The van der Waals surface area contributed by atoms with E-state index in [1.54, 1.807) is 0 Å². The summed E-state index contributed by atoms with van der Waals surface area (Å²) in [6, 6.07) is 1.11. The maximum atomic E-state index is 5.73. The Labute approximate surface area is 109 Å². The van der Waals surface area contributed by atoms with Crippen molar-refractivity contribution < 1.29 is 4.42 Å². The summed E-state index contributed by atoms with van der Waals surface area (Å²) >= 11 is 0. The number of piperidine rings is 1. The van der Waals surface area contributed by atoms with Crippen molar-refractivity contribution in [2.45, 2.75) is 18.9 Å². The number of aromatic nitrogens is 5. The van der Waals surface area contributed by atoms with E-state index in [1.807, 2.05) is 0 Å². The SMILES string of the molecule is c1n[nH]c(-c2nnc(N3CCN4CCC3CC4)o2)n1. The predicted octanol–water partition coefficient (Wildman–Crippen LogP) is 0.139. The molecule has 3 saturated heterocycles. The summed E-state index contributed by atoms with van der Waals surface area (Å²) < 4.78 is 5.73. The van der Waals surface area contributed by atoms with Gasteiger partial charge in [-0.05, 0) is 12.8 Å². The maximum absolute atomic E-state index is 5.73. The Bertz CT molecular complexity index is 543. The molecule has 0 amide bonds. The van der Waals surface area contributed by atoms with E-state index in [9.17, 15) is 0 Å². The Balaban J connectivity index is 1.62. The topological polar surface area (TPSA) is 87.0 Å². The molecule has 3 aliphatic rings. The summed E-state index contributed by atoms with van der Waals surface area (Å²) in [4.78, 5) is 8.75. The summed E-state index contributed by atoms with van der Waals surface area (Å²) in [7, 11) is 0. The smallest absolute Gasteiger partial charge is 0.318 e. The summed E-state index contributed by atoms with van der Waals surface area (Å²) in [5.74, 6) is 0.910. The van der Waals surface area contributed by atoms with Crippen LogP contribution in [0.1, 0.15) is 12.8 Å². The number of hydrogen-bond acceptors (Lipinski definition) is 7. The van der Waals surface area contributed by atoms with Crippen molar-refractivity contribution in [3.8, 4) is 11.7 Å². The second-order valence-corrected chi connectivity index (χ2v) is 4.99. The zero-order valence-electron chi connectivity index (χ0n) is 10.5. The number of nitrogens with one attached hydrogen (secondary N) is 1. The first-order valence-corrected chi connectivity index (χ1v) is 6.58. The number of nitrogens with zero attached hydrogens (tertiary/aromatic N) is 6. The second-order valence-electron chi connectivity index (χ2n) is 4.99. The molecular weight excluding hydrogens is 246 g/mol. The van der Waals surface area contributed by atoms with E-state index in [0.717, 1.165) is 13.1 Å². The lowest BCUT2D eigenvalue weighted by atomic mass is 10.1. The van der Waals surface area contributed by atoms with Gasteiger partial charge in [0.1, 0.15) is 6.33 Å². The van der Waals surface area contributed by atoms with Crippen LogP contribution in [0, 0.1) is 0 Å². The number of anilines is 1. The molecule has 5 heterocycles. The van der Waals surface area contributed by atoms with E-state index in [2.05, 4.69) is 35.2 Å². The maximum Gasteiger partial charge on any atom is 0.318 e.